The van der Waals surface area contributed by atoms with Crippen LogP contribution in [0.3, 0.4) is 0 Å². The summed E-state index contributed by atoms with van der Waals surface area (Å²) in [6.45, 7) is 0.822. The average molecular weight is 264 g/mol. The van der Waals surface area contributed by atoms with Crippen LogP contribution in [0, 0.1) is 0 Å². The van der Waals surface area contributed by atoms with E-state index in [1.165, 1.54) is 5.56 Å². The molecule has 3 aromatic rings. The van der Waals surface area contributed by atoms with E-state index in [0.29, 0.717) is 0 Å². The number of imidazole rings is 1. The summed E-state index contributed by atoms with van der Waals surface area (Å²) >= 11 is 0. The van der Waals surface area contributed by atoms with Crippen LogP contribution in [0.2, 0.25) is 0 Å². The van der Waals surface area contributed by atoms with Gasteiger partial charge in [0, 0.05) is 18.3 Å². The predicted octanol–water partition coefficient (Wildman–Crippen LogP) is 3.61. The van der Waals surface area contributed by atoms with Gasteiger partial charge in [-0.05, 0) is 17.7 Å². The van der Waals surface area contributed by atoms with Gasteiger partial charge in [-0.25, -0.2) is 4.98 Å². The molecule has 0 N–H and O–H groups in total. The number of ether oxygens (including phenoxy) is 1. The fourth-order valence-electron chi connectivity index (χ4n) is 2.24. The Morgan fingerprint density at radius 3 is 2.55 bits per heavy atom. The van der Waals surface area contributed by atoms with E-state index in [9.17, 15) is 0 Å². The first-order valence-electron chi connectivity index (χ1n) is 6.56. The summed E-state index contributed by atoms with van der Waals surface area (Å²) in [5, 5.41) is 0. The number of para-hydroxylation sites is 1. The number of aromatic nitrogens is 2. The number of benzene rings is 2. The first-order valence-corrected chi connectivity index (χ1v) is 6.56. The SMILES string of the molecule is COc1ccccc1-c1cn(Cc2ccccc2)cn1. The average Bonchev–Trinajstić information content (AvgIpc) is 2.96. The molecule has 1 heterocycles. The molecule has 0 saturated heterocycles. The third-order valence-corrected chi connectivity index (χ3v) is 3.22. The van der Waals surface area contributed by atoms with Crippen molar-refractivity contribution in [2.75, 3.05) is 7.11 Å². The second kappa shape index (κ2) is 5.61. The lowest BCUT2D eigenvalue weighted by molar-refractivity contribution is 0.416. The van der Waals surface area contributed by atoms with E-state index >= 15 is 0 Å². The number of hydrogen-bond acceptors (Lipinski definition) is 2. The maximum atomic E-state index is 5.38. The molecular weight excluding hydrogens is 248 g/mol. The predicted molar refractivity (Wildman–Crippen MR) is 79.8 cm³/mol. The van der Waals surface area contributed by atoms with Gasteiger partial charge in [0.25, 0.3) is 0 Å². The van der Waals surface area contributed by atoms with Crippen molar-refractivity contribution in [1.82, 2.24) is 9.55 Å². The normalized spacial score (nSPS) is 10.4. The molecule has 2 aromatic carbocycles. The molecular formula is C17H16N2O. The van der Waals surface area contributed by atoms with E-state index in [2.05, 4.69) is 21.7 Å². The maximum absolute atomic E-state index is 5.38. The Labute approximate surface area is 118 Å². The number of nitrogens with zero attached hydrogens (tertiary/aromatic N) is 2. The molecule has 0 aliphatic carbocycles. The van der Waals surface area contributed by atoms with Crippen molar-refractivity contribution in [2.24, 2.45) is 0 Å². The van der Waals surface area contributed by atoms with Crippen molar-refractivity contribution >= 4 is 0 Å². The molecule has 3 nitrogen and oxygen atoms in total. The smallest absolute Gasteiger partial charge is 0.128 e. The van der Waals surface area contributed by atoms with Crippen molar-refractivity contribution in [3.05, 3.63) is 72.7 Å². The van der Waals surface area contributed by atoms with Crippen molar-refractivity contribution in [3.63, 3.8) is 0 Å². The lowest BCUT2D eigenvalue weighted by Gasteiger charge is -2.05. The summed E-state index contributed by atoms with van der Waals surface area (Å²) in [6, 6.07) is 18.3. The number of methoxy groups -OCH3 is 1. The van der Waals surface area contributed by atoms with Gasteiger partial charge < -0.3 is 9.30 Å². The van der Waals surface area contributed by atoms with Crippen molar-refractivity contribution in [2.45, 2.75) is 6.54 Å². The van der Waals surface area contributed by atoms with Crippen LogP contribution >= 0.6 is 0 Å². The lowest BCUT2D eigenvalue weighted by Crippen LogP contribution is -1.95. The monoisotopic (exact) mass is 264 g/mol. The zero-order chi connectivity index (χ0) is 13.8. The summed E-state index contributed by atoms with van der Waals surface area (Å²) in [5.74, 6) is 0.845. The topological polar surface area (TPSA) is 27.1 Å². The maximum Gasteiger partial charge on any atom is 0.128 e. The molecule has 0 aliphatic rings. The van der Waals surface area contributed by atoms with Crippen LogP contribution in [-0.2, 0) is 6.54 Å². The number of rotatable bonds is 4. The molecule has 0 amide bonds. The Morgan fingerprint density at radius 2 is 1.75 bits per heavy atom. The molecule has 0 radical (unpaired) electrons. The van der Waals surface area contributed by atoms with Gasteiger partial charge in [-0.1, -0.05) is 42.5 Å². The second-order valence-corrected chi connectivity index (χ2v) is 4.62. The minimum Gasteiger partial charge on any atom is -0.496 e. The van der Waals surface area contributed by atoms with Crippen LogP contribution in [0.1, 0.15) is 5.56 Å². The first-order chi connectivity index (χ1) is 9.86. The molecule has 1 aromatic heterocycles. The molecule has 0 unspecified atom stereocenters. The van der Waals surface area contributed by atoms with Gasteiger partial charge in [-0.15, -0.1) is 0 Å². The Bertz CT molecular complexity index is 689. The third kappa shape index (κ3) is 2.57. The van der Waals surface area contributed by atoms with E-state index in [1.54, 1.807) is 7.11 Å². The summed E-state index contributed by atoms with van der Waals surface area (Å²) in [5.41, 5.74) is 3.21. The van der Waals surface area contributed by atoms with Crippen molar-refractivity contribution < 1.29 is 4.74 Å². The minimum atomic E-state index is 0.822. The molecule has 0 aliphatic heterocycles. The molecule has 0 bridgehead atoms. The van der Waals surface area contributed by atoms with Crippen LogP contribution in [0.5, 0.6) is 5.75 Å². The molecule has 0 atom stereocenters. The highest BCUT2D eigenvalue weighted by Gasteiger charge is 2.07. The Balaban J connectivity index is 1.87. The van der Waals surface area contributed by atoms with E-state index in [4.69, 9.17) is 4.74 Å². The molecule has 0 fully saturated rings. The standard InChI is InChI=1S/C17H16N2O/c1-20-17-10-6-5-9-15(17)16-12-19(13-18-16)11-14-7-3-2-4-8-14/h2-10,12-13H,11H2,1H3. The molecule has 20 heavy (non-hydrogen) atoms. The zero-order valence-electron chi connectivity index (χ0n) is 11.4. The molecule has 3 rings (SSSR count). The van der Waals surface area contributed by atoms with Crippen LogP contribution in [0.4, 0.5) is 0 Å². The Hall–Kier alpha value is -2.55. The van der Waals surface area contributed by atoms with Gasteiger partial charge in [-0.2, -0.15) is 0 Å². The summed E-state index contributed by atoms with van der Waals surface area (Å²) in [7, 11) is 1.68. The van der Waals surface area contributed by atoms with Gasteiger partial charge in [0.2, 0.25) is 0 Å². The van der Waals surface area contributed by atoms with Gasteiger partial charge in [0.05, 0.1) is 19.1 Å². The van der Waals surface area contributed by atoms with Gasteiger partial charge in [-0.3, -0.25) is 0 Å². The fraction of sp³-hybridized carbons (Fsp3) is 0.118. The van der Waals surface area contributed by atoms with Gasteiger partial charge >= 0.3 is 0 Å². The Morgan fingerprint density at radius 1 is 1.00 bits per heavy atom. The summed E-state index contributed by atoms with van der Waals surface area (Å²) < 4.78 is 7.46. The van der Waals surface area contributed by atoms with Gasteiger partial charge in [0.1, 0.15) is 5.75 Å². The van der Waals surface area contributed by atoms with E-state index < -0.39 is 0 Å². The van der Waals surface area contributed by atoms with Crippen molar-refractivity contribution in [3.8, 4) is 17.0 Å². The molecule has 3 heteroatoms. The largest absolute Gasteiger partial charge is 0.496 e. The molecule has 0 spiro atoms. The number of hydrogen-bond donors (Lipinski definition) is 0. The molecule has 100 valence electrons. The summed E-state index contributed by atoms with van der Waals surface area (Å²) in [6.07, 6.45) is 3.90. The quantitative estimate of drug-likeness (QED) is 0.720. The highest BCUT2D eigenvalue weighted by Crippen LogP contribution is 2.27. The summed E-state index contributed by atoms with van der Waals surface area (Å²) in [4.78, 5) is 4.47. The van der Waals surface area contributed by atoms with Crippen molar-refractivity contribution in [1.29, 1.82) is 0 Å². The fourth-order valence-corrected chi connectivity index (χ4v) is 2.24. The zero-order valence-corrected chi connectivity index (χ0v) is 11.4. The van der Waals surface area contributed by atoms with Crippen LogP contribution in [0.25, 0.3) is 11.3 Å². The van der Waals surface area contributed by atoms with E-state index in [0.717, 1.165) is 23.6 Å². The highest BCUT2D eigenvalue weighted by molar-refractivity contribution is 5.66. The minimum absolute atomic E-state index is 0.822. The lowest BCUT2D eigenvalue weighted by atomic mass is 10.1. The van der Waals surface area contributed by atoms with E-state index in [1.807, 2.05) is 55.0 Å². The van der Waals surface area contributed by atoms with Crippen LogP contribution in [-0.4, -0.2) is 16.7 Å². The highest BCUT2D eigenvalue weighted by atomic mass is 16.5. The van der Waals surface area contributed by atoms with Crippen LogP contribution in [0.15, 0.2) is 67.1 Å². The van der Waals surface area contributed by atoms with Crippen LogP contribution < -0.4 is 4.74 Å². The first kappa shape index (κ1) is 12.5. The Kier molecular flexibility index (Phi) is 3.50. The second-order valence-electron chi connectivity index (χ2n) is 4.62. The van der Waals surface area contributed by atoms with E-state index in [-0.39, 0.29) is 0 Å². The van der Waals surface area contributed by atoms with Gasteiger partial charge in [0.15, 0.2) is 0 Å². The third-order valence-electron chi connectivity index (χ3n) is 3.22. The molecule has 0 saturated carbocycles.